The van der Waals surface area contributed by atoms with Crippen molar-refractivity contribution in [1.29, 1.82) is 0 Å². The Morgan fingerprint density at radius 1 is 0.818 bits per heavy atom. The Labute approximate surface area is 254 Å². The van der Waals surface area contributed by atoms with Gasteiger partial charge in [0.25, 0.3) is 0 Å². The van der Waals surface area contributed by atoms with Crippen LogP contribution in [0.4, 0.5) is 21.9 Å². The van der Waals surface area contributed by atoms with Crippen LogP contribution in [0.15, 0.2) is 91.3 Å². The number of hydrogen-bond acceptors (Lipinski definition) is 6. The summed E-state index contributed by atoms with van der Waals surface area (Å²) in [6, 6.07) is 21.4. The Hall–Kier alpha value is -5.71. The molecule has 4 rings (SSSR count). The van der Waals surface area contributed by atoms with Gasteiger partial charge in [0.05, 0.1) is 38.1 Å². The van der Waals surface area contributed by atoms with Crippen LogP contribution in [0.5, 0.6) is 5.75 Å². The summed E-state index contributed by atoms with van der Waals surface area (Å²) >= 11 is 0. The summed E-state index contributed by atoms with van der Waals surface area (Å²) < 4.78 is 5.44. The number of aliphatic carboxylic acids is 1. The lowest BCUT2D eigenvalue weighted by atomic mass is 10.0. The highest BCUT2D eigenvalue weighted by atomic mass is 16.5. The molecule has 4 aromatic rings. The molecule has 0 aliphatic carbocycles. The summed E-state index contributed by atoms with van der Waals surface area (Å²) in [6.45, 7) is 1.90. The van der Waals surface area contributed by atoms with Gasteiger partial charge in [-0.1, -0.05) is 42.5 Å². The van der Waals surface area contributed by atoms with E-state index in [1.807, 2.05) is 25.1 Å². The fraction of sp³-hybridized carbons (Fsp3) is 0.182. The number of carbonyl (C=O) groups is 4. The van der Waals surface area contributed by atoms with Gasteiger partial charge in [0.2, 0.25) is 11.8 Å². The Balaban J connectivity index is 1.34. The van der Waals surface area contributed by atoms with Crippen LogP contribution >= 0.6 is 0 Å². The minimum absolute atomic E-state index is 0.0415. The zero-order valence-electron chi connectivity index (χ0n) is 24.3. The molecule has 0 saturated heterocycles. The molecule has 44 heavy (non-hydrogen) atoms. The molecule has 0 spiro atoms. The van der Waals surface area contributed by atoms with Crippen LogP contribution < -0.4 is 26.0 Å². The number of amides is 4. The number of aryl methyl sites for hydroxylation is 1. The van der Waals surface area contributed by atoms with Gasteiger partial charge >= 0.3 is 12.0 Å². The third-order valence-electron chi connectivity index (χ3n) is 6.67. The smallest absolute Gasteiger partial charge is 0.323 e. The number of rotatable bonds is 12. The fourth-order valence-electron chi connectivity index (χ4n) is 4.49. The van der Waals surface area contributed by atoms with Crippen LogP contribution in [-0.4, -0.2) is 41.0 Å². The number of carboxylic acid groups (broad SMARTS) is 1. The van der Waals surface area contributed by atoms with Gasteiger partial charge in [-0.25, -0.2) is 4.79 Å². The van der Waals surface area contributed by atoms with E-state index in [4.69, 9.17) is 4.74 Å². The summed E-state index contributed by atoms with van der Waals surface area (Å²) in [5, 5.41) is 20.5. The predicted molar refractivity (Wildman–Crippen MR) is 167 cm³/mol. The number of nitrogens with one attached hydrogen (secondary N) is 4. The Morgan fingerprint density at radius 3 is 2.23 bits per heavy atom. The molecule has 5 N–H and O–H groups in total. The summed E-state index contributed by atoms with van der Waals surface area (Å²) in [5.74, 6) is -1.28. The van der Waals surface area contributed by atoms with E-state index in [0.717, 1.165) is 5.56 Å². The number of carboxylic acids is 1. The lowest BCUT2D eigenvalue weighted by Crippen LogP contribution is -2.31. The van der Waals surface area contributed by atoms with E-state index in [9.17, 15) is 24.3 Å². The van der Waals surface area contributed by atoms with E-state index >= 15 is 0 Å². The van der Waals surface area contributed by atoms with Crippen molar-refractivity contribution in [3.63, 3.8) is 0 Å². The van der Waals surface area contributed by atoms with E-state index in [0.29, 0.717) is 39.5 Å². The highest BCUT2D eigenvalue weighted by molar-refractivity contribution is 6.01. The Morgan fingerprint density at radius 2 is 1.55 bits per heavy atom. The molecule has 0 saturated carbocycles. The second kappa shape index (κ2) is 15.0. The van der Waals surface area contributed by atoms with E-state index in [-0.39, 0.29) is 31.1 Å². The van der Waals surface area contributed by atoms with Crippen molar-refractivity contribution in [3.05, 3.63) is 114 Å². The monoisotopic (exact) mass is 595 g/mol. The average molecular weight is 596 g/mol. The maximum Gasteiger partial charge on any atom is 0.323 e. The number of ether oxygens (including phenoxy) is 1. The molecule has 0 bridgehead atoms. The van der Waals surface area contributed by atoms with Gasteiger partial charge in [-0.2, -0.15) is 0 Å². The normalized spacial score (nSPS) is 11.1. The van der Waals surface area contributed by atoms with E-state index in [2.05, 4.69) is 26.3 Å². The van der Waals surface area contributed by atoms with Gasteiger partial charge in [0.15, 0.2) is 0 Å². The van der Waals surface area contributed by atoms with Crippen LogP contribution in [0.1, 0.15) is 34.7 Å². The van der Waals surface area contributed by atoms with Gasteiger partial charge in [0.1, 0.15) is 5.75 Å². The third-order valence-corrected chi connectivity index (χ3v) is 6.67. The number of carbonyl (C=O) groups excluding carboxylic acids is 3. The van der Waals surface area contributed by atoms with E-state index < -0.39 is 18.0 Å². The number of benzene rings is 3. The number of pyridine rings is 1. The fourth-order valence-corrected chi connectivity index (χ4v) is 4.49. The Kier molecular flexibility index (Phi) is 10.6. The maximum atomic E-state index is 12.8. The van der Waals surface area contributed by atoms with Gasteiger partial charge < -0.3 is 31.1 Å². The largest absolute Gasteiger partial charge is 0.495 e. The van der Waals surface area contributed by atoms with Crippen molar-refractivity contribution in [1.82, 2.24) is 10.3 Å². The lowest BCUT2D eigenvalue weighted by molar-refractivity contribution is -0.137. The van der Waals surface area contributed by atoms with Crippen molar-refractivity contribution < 1.29 is 29.0 Å². The zero-order chi connectivity index (χ0) is 31.5. The number of methoxy groups -OCH3 is 1. The van der Waals surface area contributed by atoms with Crippen molar-refractivity contribution in [2.75, 3.05) is 23.1 Å². The maximum absolute atomic E-state index is 12.8. The standard InChI is InChI=1S/C33H33N5O6/c1-21-6-3-4-8-26(21)37-33(43)38-27-14-9-22(16-29(27)44-2)17-30(39)35-25-12-10-24(11-13-25)28(19-32(41)42)36-31(40)18-23-7-5-15-34-20-23/h3-16,20,28H,17-19H2,1-2H3,(H,35,39)(H,36,40)(H,41,42)(H2,37,38,43). The minimum atomic E-state index is -1.06. The van der Waals surface area contributed by atoms with Crippen molar-refractivity contribution >= 4 is 40.9 Å². The molecule has 0 aliphatic rings. The molecule has 1 aromatic heterocycles. The molecule has 3 aromatic carbocycles. The molecule has 226 valence electrons. The first-order chi connectivity index (χ1) is 21.2. The minimum Gasteiger partial charge on any atom is -0.495 e. The highest BCUT2D eigenvalue weighted by Crippen LogP contribution is 2.27. The zero-order valence-corrected chi connectivity index (χ0v) is 24.3. The molecule has 1 unspecified atom stereocenters. The van der Waals surface area contributed by atoms with Gasteiger partial charge in [0, 0.05) is 23.8 Å². The number of anilines is 3. The summed E-state index contributed by atoms with van der Waals surface area (Å²) in [5.41, 5.74) is 4.53. The molecular formula is C33H33N5O6. The summed E-state index contributed by atoms with van der Waals surface area (Å²) in [4.78, 5) is 53.3. The SMILES string of the molecule is COc1cc(CC(=O)Nc2ccc(C(CC(=O)O)NC(=O)Cc3cccnc3)cc2)ccc1NC(=O)Nc1ccccc1C. The Bertz CT molecular complexity index is 1630. The van der Waals surface area contributed by atoms with E-state index in [1.54, 1.807) is 73.1 Å². The third kappa shape index (κ3) is 9.15. The molecule has 4 amide bonds. The quantitative estimate of drug-likeness (QED) is 0.152. The number of hydrogen-bond donors (Lipinski definition) is 5. The number of urea groups is 1. The molecule has 1 atom stereocenters. The summed E-state index contributed by atoms with van der Waals surface area (Å²) in [7, 11) is 1.48. The lowest BCUT2D eigenvalue weighted by Gasteiger charge is -2.18. The molecular weight excluding hydrogens is 562 g/mol. The number of para-hydroxylation sites is 1. The van der Waals surface area contributed by atoms with Crippen LogP contribution in [0.2, 0.25) is 0 Å². The molecule has 1 heterocycles. The predicted octanol–water partition coefficient (Wildman–Crippen LogP) is 5.10. The van der Waals surface area contributed by atoms with Gasteiger partial charge in [-0.3, -0.25) is 19.4 Å². The van der Waals surface area contributed by atoms with Gasteiger partial charge in [-0.15, -0.1) is 0 Å². The summed E-state index contributed by atoms with van der Waals surface area (Å²) in [6.07, 6.45) is 3.00. The molecule has 11 nitrogen and oxygen atoms in total. The number of nitrogens with zero attached hydrogens (tertiary/aromatic N) is 1. The molecule has 11 heteroatoms. The van der Waals surface area contributed by atoms with Crippen LogP contribution in [-0.2, 0) is 27.2 Å². The second-order valence-corrected chi connectivity index (χ2v) is 10.0. The molecule has 0 radical (unpaired) electrons. The molecule has 0 fully saturated rings. The van der Waals surface area contributed by atoms with Crippen LogP contribution in [0.3, 0.4) is 0 Å². The number of aromatic nitrogens is 1. The van der Waals surface area contributed by atoms with Gasteiger partial charge in [-0.05, 0) is 65.6 Å². The first kappa shape index (κ1) is 31.2. The average Bonchev–Trinajstić information content (AvgIpc) is 2.99. The van der Waals surface area contributed by atoms with E-state index in [1.165, 1.54) is 7.11 Å². The topological polar surface area (TPSA) is 159 Å². The van der Waals surface area contributed by atoms with Crippen molar-refractivity contribution in [3.8, 4) is 5.75 Å². The van der Waals surface area contributed by atoms with Crippen LogP contribution in [0, 0.1) is 6.92 Å². The second-order valence-electron chi connectivity index (χ2n) is 10.0. The highest BCUT2D eigenvalue weighted by Gasteiger charge is 2.19. The van der Waals surface area contributed by atoms with Crippen molar-refractivity contribution in [2.24, 2.45) is 0 Å². The molecule has 0 aliphatic heterocycles. The van der Waals surface area contributed by atoms with Crippen LogP contribution in [0.25, 0.3) is 0 Å². The van der Waals surface area contributed by atoms with Crippen molar-refractivity contribution in [2.45, 2.75) is 32.2 Å². The first-order valence-corrected chi connectivity index (χ1v) is 13.8. The first-order valence-electron chi connectivity index (χ1n) is 13.8.